The third kappa shape index (κ3) is 4.13. The molecule has 150 valence electrons. The lowest BCUT2D eigenvalue weighted by Gasteiger charge is -2.27. The minimum absolute atomic E-state index is 0.0118. The molecular formula is C22H24N4O3. The van der Waals surface area contributed by atoms with Crippen LogP contribution in [-0.4, -0.2) is 20.4 Å². The Balaban J connectivity index is 1.40. The van der Waals surface area contributed by atoms with Gasteiger partial charge in [-0.2, -0.15) is 0 Å². The van der Waals surface area contributed by atoms with Gasteiger partial charge < -0.3 is 10.3 Å². The van der Waals surface area contributed by atoms with Gasteiger partial charge in [0.1, 0.15) is 5.82 Å². The Kier molecular flexibility index (Phi) is 5.29. The lowest BCUT2D eigenvalue weighted by molar-refractivity contribution is -0.121. The summed E-state index contributed by atoms with van der Waals surface area (Å²) in [6.45, 7) is 2.27. The van der Waals surface area contributed by atoms with Gasteiger partial charge in [0.2, 0.25) is 5.91 Å². The highest BCUT2D eigenvalue weighted by Gasteiger charge is 2.27. The van der Waals surface area contributed by atoms with Crippen molar-refractivity contribution in [2.24, 2.45) is 11.8 Å². The third-order valence-electron chi connectivity index (χ3n) is 5.69. The molecule has 1 aromatic carbocycles. The number of aryl methyl sites for hydroxylation is 1. The molecule has 1 saturated carbocycles. The van der Waals surface area contributed by atoms with Crippen molar-refractivity contribution in [3.63, 3.8) is 0 Å². The number of nitrogens with one attached hydrogen (secondary N) is 2. The molecule has 0 atom stereocenters. The van der Waals surface area contributed by atoms with E-state index in [-0.39, 0.29) is 29.0 Å². The zero-order valence-corrected chi connectivity index (χ0v) is 16.4. The average Bonchev–Trinajstić information content (AvgIpc) is 2.71. The number of pyridine rings is 1. The Labute approximate surface area is 167 Å². The number of hydrogen-bond acceptors (Lipinski definition) is 4. The minimum Gasteiger partial charge on any atom is -0.310 e. The first kappa shape index (κ1) is 19.1. The molecule has 29 heavy (non-hydrogen) atoms. The fourth-order valence-corrected chi connectivity index (χ4v) is 4.07. The van der Waals surface area contributed by atoms with Crippen LogP contribution in [0.3, 0.4) is 0 Å². The highest BCUT2D eigenvalue weighted by Crippen LogP contribution is 2.30. The SMILES string of the molecule is Cc1cccc(NC(=O)C2CCC(Cn3c(=O)[nH]c4ccccc4c3=O)CC2)n1. The second kappa shape index (κ2) is 8.03. The standard InChI is InChI=1S/C22H24N4O3/c1-14-5-4-8-19(23-14)25-20(27)16-11-9-15(10-12-16)13-26-21(28)17-6-2-3-7-18(17)24-22(26)29/h2-8,15-16H,9-13H2,1H3,(H,24,29)(H,23,25,27). The van der Waals surface area contributed by atoms with Crippen LogP contribution < -0.4 is 16.6 Å². The summed E-state index contributed by atoms with van der Waals surface area (Å²) >= 11 is 0. The molecule has 2 aromatic heterocycles. The van der Waals surface area contributed by atoms with E-state index in [2.05, 4.69) is 15.3 Å². The summed E-state index contributed by atoms with van der Waals surface area (Å²) in [5.41, 5.74) is 0.787. The number of rotatable bonds is 4. The summed E-state index contributed by atoms with van der Waals surface area (Å²) in [6.07, 6.45) is 3.08. The summed E-state index contributed by atoms with van der Waals surface area (Å²) in [4.78, 5) is 44.7. The zero-order chi connectivity index (χ0) is 20.4. The average molecular weight is 392 g/mol. The topological polar surface area (TPSA) is 96.9 Å². The van der Waals surface area contributed by atoms with E-state index in [0.29, 0.717) is 23.3 Å². The van der Waals surface area contributed by atoms with Crippen molar-refractivity contribution in [3.8, 4) is 0 Å². The number of hydrogen-bond donors (Lipinski definition) is 2. The van der Waals surface area contributed by atoms with Gasteiger partial charge in [-0.15, -0.1) is 0 Å². The minimum atomic E-state index is -0.376. The van der Waals surface area contributed by atoms with Gasteiger partial charge in [0.15, 0.2) is 0 Å². The summed E-state index contributed by atoms with van der Waals surface area (Å²) in [5, 5.41) is 3.41. The van der Waals surface area contributed by atoms with Crippen LogP contribution in [0.5, 0.6) is 0 Å². The van der Waals surface area contributed by atoms with Crippen LogP contribution in [0.2, 0.25) is 0 Å². The van der Waals surface area contributed by atoms with Crippen molar-refractivity contribution >= 4 is 22.6 Å². The largest absolute Gasteiger partial charge is 0.328 e. The van der Waals surface area contributed by atoms with Gasteiger partial charge in [-0.3, -0.25) is 14.2 Å². The maximum Gasteiger partial charge on any atom is 0.328 e. The lowest BCUT2D eigenvalue weighted by Crippen LogP contribution is -2.38. The van der Waals surface area contributed by atoms with Gasteiger partial charge in [-0.1, -0.05) is 18.2 Å². The van der Waals surface area contributed by atoms with Crippen molar-refractivity contribution in [2.75, 3.05) is 5.32 Å². The monoisotopic (exact) mass is 392 g/mol. The quantitative estimate of drug-likeness (QED) is 0.713. The van der Waals surface area contributed by atoms with Gasteiger partial charge >= 0.3 is 5.69 Å². The summed E-state index contributed by atoms with van der Waals surface area (Å²) in [7, 11) is 0. The van der Waals surface area contributed by atoms with E-state index in [9.17, 15) is 14.4 Å². The van der Waals surface area contributed by atoms with E-state index in [4.69, 9.17) is 0 Å². The lowest BCUT2D eigenvalue weighted by atomic mass is 9.81. The third-order valence-corrected chi connectivity index (χ3v) is 5.69. The molecule has 1 aliphatic carbocycles. The Hall–Kier alpha value is -3.22. The number of H-pyrrole nitrogens is 1. The first-order valence-electron chi connectivity index (χ1n) is 9.97. The number of aromatic amines is 1. The molecule has 7 nitrogen and oxygen atoms in total. The predicted molar refractivity (Wildman–Crippen MR) is 112 cm³/mol. The van der Waals surface area contributed by atoms with E-state index in [1.54, 1.807) is 30.3 Å². The molecule has 0 radical (unpaired) electrons. The molecule has 4 rings (SSSR count). The molecule has 0 spiro atoms. The van der Waals surface area contributed by atoms with Crippen LogP contribution in [0.1, 0.15) is 31.4 Å². The molecule has 2 heterocycles. The zero-order valence-electron chi connectivity index (χ0n) is 16.4. The number of aromatic nitrogens is 3. The second-order valence-corrected chi connectivity index (χ2v) is 7.76. The highest BCUT2D eigenvalue weighted by atomic mass is 16.2. The van der Waals surface area contributed by atoms with Crippen molar-refractivity contribution in [3.05, 3.63) is 69.0 Å². The molecule has 2 N–H and O–H groups in total. The van der Waals surface area contributed by atoms with Crippen LogP contribution in [0, 0.1) is 18.8 Å². The molecule has 0 saturated heterocycles. The van der Waals surface area contributed by atoms with Crippen LogP contribution in [0.25, 0.3) is 10.9 Å². The van der Waals surface area contributed by atoms with Gasteiger partial charge in [0.05, 0.1) is 10.9 Å². The van der Waals surface area contributed by atoms with Crippen LogP contribution >= 0.6 is 0 Å². The first-order chi connectivity index (χ1) is 14.0. The van der Waals surface area contributed by atoms with Gasteiger partial charge in [-0.25, -0.2) is 9.78 Å². The van der Waals surface area contributed by atoms with Gasteiger partial charge in [0, 0.05) is 18.2 Å². The summed E-state index contributed by atoms with van der Waals surface area (Å²) in [6, 6.07) is 12.6. The maximum atomic E-state index is 12.7. The van der Waals surface area contributed by atoms with Crippen LogP contribution in [0.15, 0.2) is 52.1 Å². The van der Waals surface area contributed by atoms with Crippen LogP contribution in [0.4, 0.5) is 5.82 Å². The van der Waals surface area contributed by atoms with E-state index in [0.717, 1.165) is 31.4 Å². The number of carbonyl (C=O) groups excluding carboxylic acids is 1. The molecule has 0 unspecified atom stereocenters. The normalized spacial score (nSPS) is 19.2. The predicted octanol–water partition coefficient (Wildman–Crippen LogP) is 2.84. The van der Waals surface area contributed by atoms with Crippen molar-refractivity contribution < 1.29 is 4.79 Å². The Bertz CT molecular complexity index is 1160. The number of para-hydroxylation sites is 1. The van der Waals surface area contributed by atoms with Crippen molar-refractivity contribution in [1.82, 2.24) is 14.5 Å². The second-order valence-electron chi connectivity index (χ2n) is 7.76. The molecule has 1 amide bonds. The Morgan fingerprint density at radius 3 is 2.62 bits per heavy atom. The fourth-order valence-electron chi connectivity index (χ4n) is 4.07. The van der Waals surface area contributed by atoms with E-state index in [1.807, 2.05) is 19.1 Å². The fraction of sp³-hybridized carbons (Fsp3) is 0.364. The molecule has 1 fully saturated rings. The van der Waals surface area contributed by atoms with E-state index in [1.165, 1.54) is 4.57 Å². The van der Waals surface area contributed by atoms with E-state index < -0.39 is 0 Å². The maximum absolute atomic E-state index is 12.7. The summed E-state index contributed by atoms with van der Waals surface area (Å²) in [5.74, 6) is 0.699. The van der Waals surface area contributed by atoms with E-state index >= 15 is 0 Å². The van der Waals surface area contributed by atoms with Gasteiger partial charge in [-0.05, 0) is 62.8 Å². The molecule has 3 aromatic rings. The Morgan fingerprint density at radius 2 is 1.86 bits per heavy atom. The number of carbonyl (C=O) groups is 1. The van der Waals surface area contributed by atoms with Crippen LogP contribution in [-0.2, 0) is 11.3 Å². The smallest absolute Gasteiger partial charge is 0.310 e. The number of fused-ring (bicyclic) bond motifs is 1. The number of amides is 1. The molecule has 0 bridgehead atoms. The summed E-state index contributed by atoms with van der Waals surface area (Å²) < 4.78 is 1.30. The van der Waals surface area contributed by atoms with Crippen molar-refractivity contribution in [1.29, 1.82) is 0 Å². The van der Waals surface area contributed by atoms with Gasteiger partial charge in [0.25, 0.3) is 5.56 Å². The molecule has 0 aliphatic heterocycles. The molecular weight excluding hydrogens is 368 g/mol. The first-order valence-corrected chi connectivity index (χ1v) is 9.97. The molecule has 1 aliphatic rings. The number of benzene rings is 1. The highest BCUT2D eigenvalue weighted by molar-refractivity contribution is 5.91. The number of anilines is 1. The molecule has 7 heteroatoms. The van der Waals surface area contributed by atoms with Crippen molar-refractivity contribution in [2.45, 2.75) is 39.2 Å². The Morgan fingerprint density at radius 1 is 1.10 bits per heavy atom. The number of nitrogens with zero attached hydrogens (tertiary/aromatic N) is 2.